The van der Waals surface area contributed by atoms with E-state index >= 15 is 0 Å². The van der Waals surface area contributed by atoms with Crippen LogP contribution >= 0.6 is 0 Å². The lowest BCUT2D eigenvalue weighted by molar-refractivity contribution is 0.158. The second-order valence-electron chi connectivity index (χ2n) is 6.36. The Bertz CT molecular complexity index is 724. The summed E-state index contributed by atoms with van der Waals surface area (Å²) >= 11 is 0. The summed E-state index contributed by atoms with van der Waals surface area (Å²) in [7, 11) is -1.48. The van der Waals surface area contributed by atoms with Crippen LogP contribution in [0.5, 0.6) is 0 Å². The molecule has 0 spiro atoms. The fourth-order valence-electron chi connectivity index (χ4n) is 1.93. The summed E-state index contributed by atoms with van der Waals surface area (Å²) in [5, 5.41) is 0. The normalized spacial score (nSPS) is 13.8. The van der Waals surface area contributed by atoms with Gasteiger partial charge in [-0.3, -0.25) is 0 Å². The van der Waals surface area contributed by atoms with Crippen molar-refractivity contribution in [3.63, 3.8) is 0 Å². The minimum absolute atomic E-state index is 0.0949. The molecule has 0 radical (unpaired) electrons. The van der Waals surface area contributed by atoms with Crippen molar-refractivity contribution in [2.24, 2.45) is 4.40 Å². The lowest BCUT2D eigenvalue weighted by Gasteiger charge is -2.16. The second-order valence-corrected chi connectivity index (χ2v) is 8.26. The number of rotatable bonds is 6. The molecular weight excluding hydrogens is 325 g/mol. The Morgan fingerprint density at radius 2 is 1.71 bits per heavy atom. The third kappa shape index (κ3) is 5.35. The summed E-state index contributed by atoms with van der Waals surface area (Å²) in [6.07, 6.45) is 0. The van der Waals surface area contributed by atoms with Gasteiger partial charge in [0.2, 0.25) is 0 Å². The first-order valence-corrected chi connectivity index (χ1v) is 8.85. The third-order valence-electron chi connectivity index (χ3n) is 3.25. The Kier molecular flexibility index (Phi) is 6.40. The van der Waals surface area contributed by atoms with E-state index in [2.05, 4.69) is 4.40 Å². The van der Waals surface area contributed by atoms with Crippen molar-refractivity contribution in [2.75, 3.05) is 6.61 Å². The number of hydrogen-bond donors (Lipinski definition) is 0. The molecule has 2 aromatic carbocycles. The predicted octanol–water partition coefficient (Wildman–Crippen LogP) is 4.29. The third-order valence-corrected chi connectivity index (χ3v) is 4.69. The van der Waals surface area contributed by atoms with E-state index in [1.807, 2.05) is 51.1 Å². The maximum absolute atomic E-state index is 14.1. The van der Waals surface area contributed by atoms with Crippen molar-refractivity contribution >= 4 is 16.7 Å². The number of benzene rings is 2. The first-order valence-electron chi connectivity index (χ1n) is 7.74. The largest absolute Gasteiger partial charge is 0.370 e. The van der Waals surface area contributed by atoms with Crippen molar-refractivity contribution in [1.82, 2.24) is 0 Å². The van der Waals surface area contributed by atoms with Gasteiger partial charge in [0, 0.05) is 5.56 Å². The Balaban J connectivity index is 2.19. The van der Waals surface area contributed by atoms with Gasteiger partial charge < -0.3 is 4.74 Å². The molecule has 0 aromatic heterocycles. The van der Waals surface area contributed by atoms with Crippen LogP contribution in [0.15, 0.2) is 59.0 Å². The SMILES string of the molecule is CC(C)(C)[S@@](=O)/N=C(\COCc1ccccc1)c1ccccc1F. The summed E-state index contributed by atoms with van der Waals surface area (Å²) < 4.78 is 35.8. The van der Waals surface area contributed by atoms with Crippen LogP contribution in [0.25, 0.3) is 0 Å². The molecule has 0 saturated heterocycles. The van der Waals surface area contributed by atoms with Gasteiger partial charge in [-0.2, -0.15) is 4.40 Å². The summed E-state index contributed by atoms with van der Waals surface area (Å²) in [5.41, 5.74) is 1.70. The fraction of sp³-hybridized carbons (Fsp3) is 0.316. The molecular formula is C19H22FNO2S. The molecule has 0 bridgehead atoms. The molecule has 0 aliphatic rings. The molecule has 24 heavy (non-hydrogen) atoms. The van der Waals surface area contributed by atoms with E-state index in [0.29, 0.717) is 17.9 Å². The molecule has 0 amide bonds. The van der Waals surface area contributed by atoms with Crippen LogP contribution in [0.1, 0.15) is 31.9 Å². The lowest BCUT2D eigenvalue weighted by Crippen LogP contribution is -2.23. The maximum atomic E-state index is 14.1. The molecule has 5 heteroatoms. The Morgan fingerprint density at radius 1 is 1.08 bits per heavy atom. The van der Waals surface area contributed by atoms with E-state index in [1.165, 1.54) is 6.07 Å². The summed E-state index contributed by atoms with van der Waals surface area (Å²) in [6.45, 7) is 5.97. The molecule has 3 nitrogen and oxygen atoms in total. The first kappa shape index (κ1) is 18.5. The molecule has 2 rings (SSSR count). The highest BCUT2D eigenvalue weighted by molar-refractivity contribution is 7.85. The predicted molar refractivity (Wildman–Crippen MR) is 96.9 cm³/mol. The molecule has 1 atom stereocenters. The van der Waals surface area contributed by atoms with Gasteiger partial charge in [-0.1, -0.05) is 48.5 Å². The second kappa shape index (κ2) is 8.31. The van der Waals surface area contributed by atoms with E-state index < -0.39 is 21.5 Å². The van der Waals surface area contributed by atoms with Gasteiger partial charge in [0.05, 0.1) is 23.7 Å². The summed E-state index contributed by atoms with van der Waals surface area (Å²) in [6, 6.07) is 16.0. The molecule has 0 aliphatic carbocycles. The van der Waals surface area contributed by atoms with E-state index in [0.717, 1.165) is 5.56 Å². The zero-order valence-electron chi connectivity index (χ0n) is 14.2. The van der Waals surface area contributed by atoms with Crippen LogP contribution in [0.3, 0.4) is 0 Å². The monoisotopic (exact) mass is 347 g/mol. The number of ether oxygens (including phenoxy) is 1. The van der Waals surface area contributed by atoms with Gasteiger partial charge in [-0.15, -0.1) is 0 Å². The molecule has 0 fully saturated rings. The van der Waals surface area contributed by atoms with Gasteiger partial charge in [-0.25, -0.2) is 8.60 Å². The minimum atomic E-state index is -1.48. The molecule has 2 aromatic rings. The zero-order valence-corrected chi connectivity index (χ0v) is 15.0. The van der Waals surface area contributed by atoms with E-state index in [4.69, 9.17) is 4.74 Å². The van der Waals surface area contributed by atoms with Crippen molar-refractivity contribution in [3.05, 3.63) is 71.5 Å². The van der Waals surface area contributed by atoms with Crippen LogP contribution < -0.4 is 0 Å². The standard InChI is InChI=1S/C19H22FNO2S/c1-19(2,3)24(22)21-18(16-11-7-8-12-17(16)20)14-23-13-15-9-5-4-6-10-15/h4-12H,13-14H2,1-3H3/b21-18+/t24-/m1/s1. The first-order chi connectivity index (χ1) is 11.4. The summed E-state index contributed by atoms with van der Waals surface area (Å²) in [4.78, 5) is 0. The van der Waals surface area contributed by atoms with Gasteiger partial charge in [0.25, 0.3) is 0 Å². The van der Waals surface area contributed by atoms with Gasteiger partial charge in [-0.05, 0) is 32.4 Å². The average molecular weight is 347 g/mol. The zero-order chi connectivity index (χ0) is 17.6. The molecule has 0 aliphatic heterocycles. The smallest absolute Gasteiger partial charge is 0.145 e. The van der Waals surface area contributed by atoms with Crippen molar-refractivity contribution < 1.29 is 13.3 Å². The van der Waals surface area contributed by atoms with Crippen LogP contribution in [0.4, 0.5) is 4.39 Å². The minimum Gasteiger partial charge on any atom is -0.370 e. The fourth-order valence-corrected chi connectivity index (χ4v) is 2.55. The molecule has 128 valence electrons. The Hall–Kier alpha value is -1.85. The molecule has 0 saturated carbocycles. The number of halogens is 1. The van der Waals surface area contributed by atoms with E-state index in [-0.39, 0.29) is 6.61 Å². The van der Waals surface area contributed by atoms with Crippen LogP contribution in [0.2, 0.25) is 0 Å². The highest BCUT2D eigenvalue weighted by Crippen LogP contribution is 2.16. The van der Waals surface area contributed by atoms with Crippen molar-refractivity contribution in [2.45, 2.75) is 32.1 Å². The maximum Gasteiger partial charge on any atom is 0.145 e. The average Bonchev–Trinajstić information content (AvgIpc) is 2.54. The quantitative estimate of drug-likeness (QED) is 0.731. The number of nitrogens with zero attached hydrogens (tertiary/aromatic N) is 1. The van der Waals surface area contributed by atoms with Gasteiger partial charge in [0.15, 0.2) is 0 Å². The lowest BCUT2D eigenvalue weighted by atomic mass is 10.1. The van der Waals surface area contributed by atoms with E-state index in [9.17, 15) is 8.60 Å². The van der Waals surface area contributed by atoms with Gasteiger partial charge >= 0.3 is 0 Å². The topological polar surface area (TPSA) is 38.7 Å². The highest BCUT2D eigenvalue weighted by atomic mass is 32.2. The highest BCUT2D eigenvalue weighted by Gasteiger charge is 2.21. The number of hydrogen-bond acceptors (Lipinski definition) is 2. The van der Waals surface area contributed by atoms with E-state index in [1.54, 1.807) is 18.2 Å². The van der Waals surface area contributed by atoms with Crippen LogP contribution in [0, 0.1) is 5.82 Å². The van der Waals surface area contributed by atoms with Crippen molar-refractivity contribution in [1.29, 1.82) is 0 Å². The van der Waals surface area contributed by atoms with Crippen molar-refractivity contribution in [3.8, 4) is 0 Å². The van der Waals surface area contributed by atoms with Crippen LogP contribution in [-0.4, -0.2) is 21.3 Å². The Labute approximate surface area is 145 Å². The summed E-state index contributed by atoms with van der Waals surface area (Å²) in [5.74, 6) is -0.398. The molecule has 0 N–H and O–H groups in total. The Morgan fingerprint density at radius 3 is 2.33 bits per heavy atom. The van der Waals surface area contributed by atoms with Crippen LogP contribution in [-0.2, 0) is 22.3 Å². The molecule has 0 unspecified atom stereocenters. The van der Waals surface area contributed by atoms with Gasteiger partial charge in [0.1, 0.15) is 16.8 Å². The molecule has 0 heterocycles.